The molecule has 0 amide bonds. The predicted molar refractivity (Wildman–Crippen MR) is 70.3 cm³/mol. The van der Waals surface area contributed by atoms with Gasteiger partial charge in [-0.05, 0) is 17.7 Å². The minimum Gasteiger partial charge on any atom is -0.507 e. The first kappa shape index (κ1) is 13.4. The number of nitrogens with two attached hydrogens (primary N) is 1. The molecule has 0 aliphatic heterocycles. The Kier molecular flexibility index (Phi) is 3.73. The zero-order valence-corrected chi connectivity index (χ0v) is 10.8. The van der Waals surface area contributed by atoms with E-state index in [1.54, 1.807) is 0 Å². The van der Waals surface area contributed by atoms with E-state index in [9.17, 15) is 13.5 Å². The van der Waals surface area contributed by atoms with Gasteiger partial charge in [-0.15, -0.1) is 0 Å². The molecule has 0 aliphatic rings. The maximum absolute atomic E-state index is 11.2. The first-order valence-corrected chi connectivity index (χ1v) is 7.04. The number of sulfonamides is 1. The van der Waals surface area contributed by atoms with Gasteiger partial charge in [0.2, 0.25) is 10.0 Å². The van der Waals surface area contributed by atoms with Crippen molar-refractivity contribution in [2.24, 2.45) is 5.14 Å². The van der Waals surface area contributed by atoms with Gasteiger partial charge in [0, 0.05) is 6.07 Å². The van der Waals surface area contributed by atoms with Crippen molar-refractivity contribution in [1.29, 1.82) is 0 Å². The van der Waals surface area contributed by atoms with Crippen LogP contribution < -0.4 is 9.88 Å². The van der Waals surface area contributed by atoms with Gasteiger partial charge < -0.3 is 9.84 Å². The average molecular weight is 279 g/mol. The summed E-state index contributed by atoms with van der Waals surface area (Å²) >= 11 is 0. The van der Waals surface area contributed by atoms with E-state index in [4.69, 9.17) is 9.88 Å². The molecule has 0 fully saturated rings. The molecule has 2 rings (SSSR count). The number of aromatic hydroxyl groups is 1. The summed E-state index contributed by atoms with van der Waals surface area (Å²) in [6, 6.07) is 13.3. The number of phenolic OH excluding ortho intramolecular Hbond substituents is 1. The smallest absolute Gasteiger partial charge is 0.241 e. The Morgan fingerprint density at radius 1 is 1.11 bits per heavy atom. The van der Waals surface area contributed by atoms with Gasteiger partial charge in [-0.3, -0.25) is 0 Å². The molecule has 6 heteroatoms. The first-order chi connectivity index (χ1) is 8.97. The van der Waals surface area contributed by atoms with E-state index in [-0.39, 0.29) is 4.90 Å². The highest BCUT2D eigenvalue weighted by Crippen LogP contribution is 2.26. The second-order valence-corrected chi connectivity index (χ2v) is 5.48. The lowest BCUT2D eigenvalue weighted by atomic mass is 10.2. The molecule has 19 heavy (non-hydrogen) atoms. The van der Waals surface area contributed by atoms with Gasteiger partial charge >= 0.3 is 0 Å². The van der Waals surface area contributed by atoms with Crippen molar-refractivity contribution < 1.29 is 18.3 Å². The molecule has 0 saturated heterocycles. The number of benzene rings is 2. The molecule has 0 atom stereocenters. The highest BCUT2D eigenvalue weighted by atomic mass is 32.2. The van der Waals surface area contributed by atoms with Crippen LogP contribution in [0.4, 0.5) is 0 Å². The summed E-state index contributed by atoms with van der Waals surface area (Å²) in [4.78, 5) is -0.349. The lowest BCUT2D eigenvalue weighted by molar-refractivity contribution is 0.304. The topological polar surface area (TPSA) is 89.6 Å². The molecule has 3 N–H and O–H groups in total. The van der Waals surface area contributed by atoms with E-state index in [1.165, 1.54) is 18.2 Å². The molecule has 0 unspecified atom stereocenters. The average Bonchev–Trinajstić information content (AvgIpc) is 2.37. The van der Waals surface area contributed by atoms with Crippen molar-refractivity contribution in [3.8, 4) is 11.5 Å². The maximum Gasteiger partial charge on any atom is 0.241 e. The van der Waals surface area contributed by atoms with Crippen molar-refractivity contribution >= 4 is 10.0 Å². The fourth-order valence-corrected chi connectivity index (χ4v) is 2.19. The zero-order valence-electron chi connectivity index (χ0n) is 9.98. The molecule has 5 nitrogen and oxygen atoms in total. The third-order valence-electron chi connectivity index (χ3n) is 2.49. The van der Waals surface area contributed by atoms with Gasteiger partial charge in [0.05, 0.1) is 0 Å². The first-order valence-electron chi connectivity index (χ1n) is 5.49. The number of phenols is 1. The second-order valence-electron chi connectivity index (χ2n) is 3.95. The summed E-state index contributed by atoms with van der Waals surface area (Å²) in [6.07, 6.45) is 0. The van der Waals surface area contributed by atoms with Crippen LogP contribution in [-0.2, 0) is 16.6 Å². The number of primary sulfonamides is 1. The molecule has 0 spiro atoms. The van der Waals surface area contributed by atoms with Crippen LogP contribution in [0, 0.1) is 0 Å². The van der Waals surface area contributed by atoms with Crippen LogP contribution in [-0.4, -0.2) is 13.5 Å². The third kappa shape index (κ3) is 3.46. The molecule has 0 aliphatic carbocycles. The molecule has 0 saturated carbocycles. The van der Waals surface area contributed by atoms with E-state index in [1.807, 2.05) is 30.3 Å². The maximum atomic E-state index is 11.2. The van der Waals surface area contributed by atoms with Gasteiger partial charge in [-0.2, -0.15) is 0 Å². The highest BCUT2D eigenvalue weighted by molar-refractivity contribution is 7.89. The van der Waals surface area contributed by atoms with Crippen LogP contribution in [0.3, 0.4) is 0 Å². The molecule has 0 heterocycles. The number of rotatable bonds is 4. The molecule has 2 aromatic carbocycles. The predicted octanol–water partition coefficient (Wildman–Crippen LogP) is 1.62. The van der Waals surface area contributed by atoms with E-state index in [0.29, 0.717) is 12.4 Å². The SMILES string of the molecule is NS(=O)(=O)c1cc(OCc2ccccc2)ccc1O. The fraction of sp³-hybridized carbons (Fsp3) is 0.0769. The summed E-state index contributed by atoms with van der Waals surface area (Å²) in [5, 5.41) is 14.4. The Bertz CT molecular complexity index is 668. The van der Waals surface area contributed by atoms with Gasteiger partial charge in [0.25, 0.3) is 0 Å². The Labute approximate surface area is 111 Å². The fourth-order valence-electron chi connectivity index (χ4n) is 1.55. The Hall–Kier alpha value is -2.05. The van der Waals surface area contributed by atoms with Crippen molar-refractivity contribution in [2.45, 2.75) is 11.5 Å². The quantitative estimate of drug-likeness (QED) is 0.890. The van der Waals surface area contributed by atoms with Crippen LogP contribution >= 0.6 is 0 Å². The van der Waals surface area contributed by atoms with Gasteiger partial charge in [-0.1, -0.05) is 30.3 Å². The van der Waals surface area contributed by atoms with E-state index < -0.39 is 15.8 Å². The van der Waals surface area contributed by atoms with Crippen LogP contribution in [0.1, 0.15) is 5.56 Å². The monoisotopic (exact) mass is 279 g/mol. The lowest BCUT2D eigenvalue weighted by Gasteiger charge is -2.08. The lowest BCUT2D eigenvalue weighted by Crippen LogP contribution is -2.12. The van der Waals surface area contributed by atoms with Crippen LogP contribution in [0.2, 0.25) is 0 Å². The van der Waals surface area contributed by atoms with Crippen molar-refractivity contribution in [3.05, 3.63) is 54.1 Å². The van der Waals surface area contributed by atoms with Crippen molar-refractivity contribution in [3.63, 3.8) is 0 Å². The van der Waals surface area contributed by atoms with Crippen LogP contribution in [0.25, 0.3) is 0 Å². The van der Waals surface area contributed by atoms with E-state index in [2.05, 4.69) is 0 Å². The molecule has 0 aromatic heterocycles. The largest absolute Gasteiger partial charge is 0.507 e. The highest BCUT2D eigenvalue weighted by Gasteiger charge is 2.14. The van der Waals surface area contributed by atoms with Crippen molar-refractivity contribution in [1.82, 2.24) is 0 Å². The minimum atomic E-state index is -3.97. The molecule has 100 valence electrons. The Morgan fingerprint density at radius 3 is 2.42 bits per heavy atom. The summed E-state index contributed by atoms with van der Waals surface area (Å²) < 4.78 is 27.9. The molecular formula is C13H13NO4S. The van der Waals surface area contributed by atoms with Gasteiger partial charge in [0.1, 0.15) is 23.0 Å². The molecule has 2 aromatic rings. The number of hydrogen-bond acceptors (Lipinski definition) is 4. The van der Waals surface area contributed by atoms with Gasteiger partial charge in [-0.25, -0.2) is 13.6 Å². The second kappa shape index (κ2) is 5.29. The van der Waals surface area contributed by atoms with Crippen LogP contribution in [0.15, 0.2) is 53.4 Å². The summed E-state index contributed by atoms with van der Waals surface area (Å²) in [7, 11) is -3.97. The number of ether oxygens (including phenoxy) is 1. The molecule has 0 radical (unpaired) electrons. The number of hydrogen-bond donors (Lipinski definition) is 2. The summed E-state index contributed by atoms with van der Waals surface area (Å²) in [5.41, 5.74) is 0.952. The molecular weight excluding hydrogens is 266 g/mol. The Morgan fingerprint density at radius 2 is 1.79 bits per heavy atom. The minimum absolute atomic E-state index is 0.301. The third-order valence-corrected chi connectivity index (χ3v) is 3.43. The molecule has 0 bridgehead atoms. The normalized spacial score (nSPS) is 11.2. The standard InChI is InChI=1S/C13H13NO4S/c14-19(16,17)13-8-11(6-7-12(13)15)18-9-10-4-2-1-3-5-10/h1-8,15H,9H2,(H2,14,16,17). The Balaban J connectivity index is 2.18. The summed E-state index contributed by atoms with van der Waals surface area (Å²) in [6.45, 7) is 0.301. The summed E-state index contributed by atoms with van der Waals surface area (Å²) in [5.74, 6) is -0.0692. The van der Waals surface area contributed by atoms with Crippen molar-refractivity contribution in [2.75, 3.05) is 0 Å². The van der Waals surface area contributed by atoms with Gasteiger partial charge in [0.15, 0.2) is 0 Å². The van der Waals surface area contributed by atoms with E-state index in [0.717, 1.165) is 5.56 Å². The zero-order chi connectivity index (χ0) is 13.9. The van der Waals surface area contributed by atoms with Crippen LogP contribution in [0.5, 0.6) is 11.5 Å². The van der Waals surface area contributed by atoms with E-state index >= 15 is 0 Å².